The van der Waals surface area contributed by atoms with Gasteiger partial charge in [-0.25, -0.2) is 8.42 Å². The Kier molecular flexibility index (Phi) is 4.91. The van der Waals surface area contributed by atoms with Crippen molar-refractivity contribution >= 4 is 38.6 Å². The molecule has 1 aromatic carbocycles. The number of aryl methyl sites for hydroxylation is 2. The molecule has 1 aliphatic heterocycles. The highest BCUT2D eigenvalue weighted by molar-refractivity contribution is 7.93. The van der Waals surface area contributed by atoms with Crippen LogP contribution < -0.4 is 9.62 Å². The molecule has 1 saturated heterocycles. The molecule has 1 amide bonds. The summed E-state index contributed by atoms with van der Waals surface area (Å²) in [6, 6.07) is 9.38. The lowest BCUT2D eigenvalue weighted by molar-refractivity contribution is -0.116. The Morgan fingerprint density at radius 1 is 1.33 bits per heavy atom. The molecule has 0 spiro atoms. The molecule has 0 unspecified atom stereocenters. The average Bonchev–Trinajstić information content (AvgIpc) is 3.16. The van der Waals surface area contributed by atoms with Crippen LogP contribution in [0.3, 0.4) is 0 Å². The molecule has 1 N–H and O–H groups in total. The second-order valence-corrected chi connectivity index (χ2v) is 8.91. The number of hydrogen-bond acceptors (Lipinski definition) is 4. The van der Waals surface area contributed by atoms with Gasteiger partial charge < -0.3 is 5.32 Å². The first kappa shape index (κ1) is 17.0. The van der Waals surface area contributed by atoms with E-state index in [1.165, 1.54) is 9.18 Å². The molecule has 1 fully saturated rings. The molecule has 3 rings (SSSR count). The molecule has 0 radical (unpaired) electrons. The van der Waals surface area contributed by atoms with Crippen LogP contribution in [0.2, 0.25) is 0 Å². The molecular weight excluding hydrogens is 344 g/mol. The van der Waals surface area contributed by atoms with E-state index in [1.807, 2.05) is 30.5 Å². The maximum atomic E-state index is 12.2. The molecule has 7 heteroatoms. The predicted octanol–water partition coefficient (Wildman–Crippen LogP) is 3.17. The summed E-state index contributed by atoms with van der Waals surface area (Å²) in [6.07, 6.45) is 1.76. The summed E-state index contributed by atoms with van der Waals surface area (Å²) in [4.78, 5) is 13.4. The van der Waals surface area contributed by atoms with Crippen LogP contribution in [0, 0.1) is 6.92 Å². The van der Waals surface area contributed by atoms with Crippen LogP contribution in [-0.4, -0.2) is 26.6 Å². The molecule has 2 aromatic rings. The van der Waals surface area contributed by atoms with Crippen molar-refractivity contribution in [2.45, 2.75) is 26.2 Å². The number of anilines is 2. The van der Waals surface area contributed by atoms with Gasteiger partial charge in [0.05, 0.1) is 11.4 Å². The molecule has 1 aliphatic rings. The van der Waals surface area contributed by atoms with Gasteiger partial charge in [0.1, 0.15) is 0 Å². The highest BCUT2D eigenvalue weighted by Crippen LogP contribution is 2.28. The van der Waals surface area contributed by atoms with Crippen molar-refractivity contribution in [2.24, 2.45) is 0 Å². The molecule has 2 heterocycles. The van der Waals surface area contributed by atoms with Gasteiger partial charge in [0.15, 0.2) is 0 Å². The van der Waals surface area contributed by atoms with Gasteiger partial charge in [0.2, 0.25) is 15.9 Å². The maximum Gasteiger partial charge on any atom is 0.235 e. The number of sulfonamides is 1. The lowest BCUT2D eigenvalue weighted by Gasteiger charge is -2.19. The molecule has 5 nitrogen and oxygen atoms in total. The number of carbonyl (C=O) groups excluding carboxylic acids is 1. The summed E-state index contributed by atoms with van der Waals surface area (Å²) in [7, 11) is -3.22. The van der Waals surface area contributed by atoms with Crippen LogP contribution in [0.15, 0.2) is 35.7 Å². The van der Waals surface area contributed by atoms with Crippen LogP contribution >= 0.6 is 11.3 Å². The van der Waals surface area contributed by atoms with Crippen molar-refractivity contribution in [1.29, 1.82) is 0 Å². The third-order valence-corrected chi connectivity index (χ3v) is 6.87. The van der Waals surface area contributed by atoms with Crippen molar-refractivity contribution in [3.63, 3.8) is 0 Å². The molecular formula is C17H20N2O3S2. The highest BCUT2D eigenvalue weighted by Gasteiger charge is 2.28. The zero-order chi connectivity index (χ0) is 17.2. The van der Waals surface area contributed by atoms with E-state index < -0.39 is 10.0 Å². The standard InChI is InChI=1S/C17H20N2O3S2/c1-13-5-6-14(19-9-3-11-24(19,21)22)12-16(13)18-17(20)8-7-15-4-2-10-23-15/h2,4-6,10,12H,3,7-9,11H2,1H3,(H,18,20). The second-order valence-electron chi connectivity index (χ2n) is 5.87. The van der Waals surface area contributed by atoms with Gasteiger partial charge in [-0.15, -0.1) is 11.3 Å². The molecule has 128 valence electrons. The van der Waals surface area contributed by atoms with Crippen molar-refractivity contribution < 1.29 is 13.2 Å². The normalized spacial score (nSPS) is 16.3. The van der Waals surface area contributed by atoms with Crippen molar-refractivity contribution in [3.05, 3.63) is 46.2 Å². The number of amides is 1. The van der Waals surface area contributed by atoms with E-state index in [2.05, 4.69) is 5.32 Å². The van der Waals surface area contributed by atoms with Gasteiger partial charge >= 0.3 is 0 Å². The molecule has 0 bridgehead atoms. The minimum Gasteiger partial charge on any atom is -0.326 e. The van der Waals surface area contributed by atoms with Crippen LogP contribution in [0.4, 0.5) is 11.4 Å². The smallest absolute Gasteiger partial charge is 0.235 e. The predicted molar refractivity (Wildman–Crippen MR) is 98.2 cm³/mol. The summed E-state index contributed by atoms with van der Waals surface area (Å²) < 4.78 is 25.5. The first-order valence-corrected chi connectivity index (χ1v) is 10.4. The van der Waals surface area contributed by atoms with Crippen molar-refractivity contribution in [3.8, 4) is 0 Å². The largest absolute Gasteiger partial charge is 0.326 e. The zero-order valence-corrected chi connectivity index (χ0v) is 15.1. The van der Waals surface area contributed by atoms with Crippen molar-refractivity contribution in [2.75, 3.05) is 21.9 Å². The lowest BCUT2D eigenvalue weighted by Crippen LogP contribution is -2.25. The van der Waals surface area contributed by atoms with Gasteiger partial charge in [-0.3, -0.25) is 9.10 Å². The lowest BCUT2D eigenvalue weighted by atomic mass is 10.1. The SMILES string of the molecule is Cc1ccc(N2CCCS2(=O)=O)cc1NC(=O)CCc1cccs1. The quantitative estimate of drug-likeness (QED) is 0.886. The summed E-state index contributed by atoms with van der Waals surface area (Å²) >= 11 is 1.64. The fourth-order valence-corrected chi connectivity index (χ4v) is 5.00. The highest BCUT2D eigenvalue weighted by atomic mass is 32.2. The Morgan fingerprint density at radius 2 is 2.17 bits per heavy atom. The van der Waals surface area contributed by atoms with Gasteiger partial charge in [-0.2, -0.15) is 0 Å². The van der Waals surface area contributed by atoms with Gasteiger partial charge in [0, 0.05) is 23.5 Å². The van der Waals surface area contributed by atoms with E-state index in [9.17, 15) is 13.2 Å². The van der Waals surface area contributed by atoms with Gasteiger partial charge in [-0.05, 0) is 48.9 Å². The number of carbonyl (C=O) groups is 1. The van der Waals surface area contributed by atoms with Crippen molar-refractivity contribution in [1.82, 2.24) is 0 Å². The fraction of sp³-hybridized carbons (Fsp3) is 0.353. The molecule has 0 atom stereocenters. The number of nitrogens with zero attached hydrogens (tertiary/aromatic N) is 1. The summed E-state index contributed by atoms with van der Waals surface area (Å²) in [5, 5.41) is 4.91. The Morgan fingerprint density at radius 3 is 2.83 bits per heavy atom. The van der Waals surface area contributed by atoms with E-state index in [0.717, 1.165) is 5.56 Å². The van der Waals surface area contributed by atoms with E-state index in [1.54, 1.807) is 23.5 Å². The van der Waals surface area contributed by atoms with E-state index in [0.29, 0.717) is 37.2 Å². The maximum absolute atomic E-state index is 12.2. The Balaban J connectivity index is 1.71. The minimum atomic E-state index is -3.22. The Hall–Kier alpha value is -1.86. The average molecular weight is 364 g/mol. The van der Waals surface area contributed by atoms with E-state index in [-0.39, 0.29) is 11.7 Å². The fourth-order valence-electron chi connectivity index (χ4n) is 2.73. The zero-order valence-electron chi connectivity index (χ0n) is 13.5. The van der Waals surface area contributed by atoms with Crippen LogP contribution in [0.1, 0.15) is 23.3 Å². The number of hydrogen-bond donors (Lipinski definition) is 1. The second kappa shape index (κ2) is 6.94. The number of rotatable bonds is 5. The Bertz CT molecular complexity index is 830. The van der Waals surface area contributed by atoms with Crippen LogP contribution in [-0.2, 0) is 21.2 Å². The Labute approximate surface area is 146 Å². The number of thiophene rings is 1. The minimum absolute atomic E-state index is 0.0621. The first-order chi connectivity index (χ1) is 11.5. The van der Waals surface area contributed by atoms with E-state index >= 15 is 0 Å². The molecule has 0 aliphatic carbocycles. The monoisotopic (exact) mass is 364 g/mol. The summed E-state index contributed by atoms with van der Waals surface area (Å²) in [5.74, 6) is 0.122. The molecule has 0 saturated carbocycles. The third-order valence-electron chi connectivity index (χ3n) is 4.06. The van der Waals surface area contributed by atoms with Crippen LogP contribution in [0.5, 0.6) is 0 Å². The third kappa shape index (κ3) is 3.79. The van der Waals surface area contributed by atoms with Gasteiger partial charge in [-0.1, -0.05) is 12.1 Å². The number of nitrogens with one attached hydrogen (secondary N) is 1. The van der Waals surface area contributed by atoms with Gasteiger partial charge in [0.25, 0.3) is 0 Å². The summed E-state index contributed by atoms with van der Waals surface area (Å²) in [6.45, 7) is 2.40. The van der Waals surface area contributed by atoms with E-state index in [4.69, 9.17) is 0 Å². The summed E-state index contributed by atoms with van der Waals surface area (Å²) in [5.41, 5.74) is 2.21. The molecule has 1 aromatic heterocycles. The first-order valence-electron chi connectivity index (χ1n) is 7.89. The van der Waals surface area contributed by atoms with Crippen LogP contribution in [0.25, 0.3) is 0 Å². The molecule has 24 heavy (non-hydrogen) atoms. The number of benzene rings is 1. The topological polar surface area (TPSA) is 66.5 Å².